The van der Waals surface area contributed by atoms with Crippen molar-refractivity contribution >= 4 is 5.96 Å². The molecule has 0 spiro atoms. The number of guanidine groups is 1. The predicted molar refractivity (Wildman–Crippen MR) is 91.8 cm³/mol. The lowest BCUT2D eigenvalue weighted by Crippen LogP contribution is -2.41. The summed E-state index contributed by atoms with van der Waals surface area (Å²) in [6, 6.07) is 8.55. The minimum atomic E-state index is 0.814. The molecular weight excluding hydrogens is 260 g/mol. The summed E-state index contributed by atoms with van der Waals surface area (Å²) in [5.74, 6) is 0.869. The third kappa shape index (κ3) is 6.17. The van der Waals surface area contributed by atoms with Gasteiger partial charge in [0.25, 0.3) is 0 Å². The molecule has 0 aliphatic carbocycles. The van der Waals surface area contributed by atoms with E-state index in [1.165, 1.54) is 11.1 Å². The van der Waals surface area contributed by atoms with Gasteiger partial charge in [-0.3, -0.25) is 4.99 Å². The fourth-order valence-corrected chi connectivity index (χ4v) is 2.35. The van der Waals surface area contributed by atoms with E-state index in [9.17, 15) is 0 Å². The monoisotopic (exact) mass is 290 g/mol. The molecule has 0 bridgehead atoms. The largest absolute Gasteiger partial charge is 0.355 e. The third-order valence-electron chi connectivity index (χ3n) is 3.78. The van der Waals surface area contributed by atoms with Crippen LogP contribution in [0.5, 0.6) is 0 Å². The number of hydrogen-bond acceptors (Lipinski definition) is 2. The van der Waals surface area contributed by atoms with Gasteiger partial charge in [-0.1, -0.05) is 45.0 Å². The molecule has 0 aliphatic rings. The first-order valence-corrected chi connectivity index (χ1v) is 7.98. The maximum absolute atomic E-state index is 4.28. The molecule has 0 saturated carbocycles. The first-order chi connectivity index (χ1) is 10.2. The first-order valence-electron chi connectivity index (χ1n) is 7.98. The van der Waals surface area contributed by atoms with E-state index in [-0.39, 0.29) is 0 Å². The maximum atomic E-state index is 4.28. The second-order valence-electron chi connectivity index (χ2n) is 5.00. The van der Waals surface area contributed by atoms with Crippen LogP contribution >= 0.6 is 0 Å². The number of aryl methyl sites for hydroxylation is 1. The molecule has 0 atom stereocenters. The maximum Gasteiger partial charge on any atom is 0.191 e. The Morgan fingerprint density at radius 2 is 1.71 bits per heavy atom. The predicted octanol–water partition coefficient (Wildman–Crippen LogP) is 2.26. The standard InChI is InChI=1S/C17H30N4/c1-5-15-10-8-9-11-16(15)14-20-17(18-4)19-12-13-21(6-2)7-3/h8-11H,5-7,12-14H2,1-4H3,(H2,18,19,20). The molecule has 0 amide bonds. The molecule has 0 unspecified atom stereocenters. The topological polar surface area (TPSA) is 39.7 Å². The quantitative estimate of drug-likeness (QED) is 0.570. The summed E-state index contributed by atoms with van der Waals surface area (Å²) in [6.45, 7) is 11.5. The number of rotatable bonds is 8. The average molecular weight is 290 g/mol. The fraction of sp³-hybridized carbons (Fsp3) is 0.588. The normalized spacial score (nSPS) is 11.8. The number of hydrogen-bond donors (Lipinski definition) is 2. The van der Waals surface area contributed by atoms with Gasteiger partial charge in [0.2, 0.25) is 0 Å². The second-order valence-corrected chi connectivity index (χ2v) is 5.00. The van der Waals surface area contributed by atoms with E-state index in [2.05, 4.69) is 65.6 Å². The van der Waals surface area contributed by atoms with Gasteiger partial charge in [-0.2, -0.15) is 0 Å². The minimum Gasteiger partial charge on any atom is -0.355 e. The van der Waals surface area contributed by atoms with Crippen molar-refractivity contribution in [2.75, 3.05) is 33.2 Å². The second kappa shape index (κ2) is 10.2. The summed E-state index contributed by atoms with van der Waals surface area (Å²) in [4.78, 5) is 6.68. The van der Waals surface area contributed by atoms with Crippen molar-refractivity contribution < 1.29 is 0 Å². The van der Waals surface area contributed by atoms with Crippen LogP contribution in [0.1, 0.15) is 31.9 Å². The Balaban J connectivity index is 2.41. The van der Waals surface area contributed by atoms with Gasteiger partial charge in [-0.15, -0.1) is 0 Å². The minimum absolute atomic E-state index is 0.814. The van der Waals surface area contributed by atoms with Crippen molar-refractivity contribution in [3.8, 4) is 0 Å². The van der Waals surface area contributed by atoms with Gasteiger partial charge < -0.3 is 15.5 Å². The van der Waals surface area contributed by atoms with Crippen LogP contribution < -0.4 is 10.6 Å². The van der Waals surface area contributed by atoms with Gasteiger partial charge in [0.15, 0.2) is 5.96 Å². The van der Waals surface area contributed by atoms with Crippen LogP contribution in [0.3, 0.4) is 0 Å². The Bertz CT molecular complexity index is 425. The van der Waals surface area contributed by atoms with Crippen LogP contribution in [0.15, 0.2) is 29.3 Å². The van der Waals surface area contributed by atoms with Gasteiger partial charge >= 0.3 is 0 Å². The Hall–Kier alpha value is -1.55. The highest BCUT2D eigenvalue weighted by atomic mass is 15.2. The molecule has 1 rings (SSSR count). The van der Waals surface area contributed by atoms with Crippen LogP contribution in [0.25, 0.3) is 0 Å². The first kappa shape index (κ1) is 17.5. The number of aliphatic imine (C=N–C) groups is 1. The molecule has 0 fully saturated rings. The molecule has 0 aromatic heterocycles. The van der Waals surface area contributed by atoms with Crippen LogP contribution in [0, 0.1) is 0 Å². The zero-order valence-electron chi connectivity index (χ0n) is 13.9. The summed E-state index contributed by atoms with van der Waals surface area (Å²) in [6.07, 6.45) is 1.06. The Labute approximate surface area is 129 Å². The van der Waals surface area contributed by atoms with E-state index in [1.807, 2.05) is 7.05 Å². The molecule has 4 nitrogen and oxygen atoms in total. The van der Waals surface area contributed by atoms with Gasteiger partial charge in [-0.05, 0) is 30.6 Å². The van der Waals surface area contributed by atoms with E-state index in [0.29, 0.717) is 0 Å². The van der Waals surface area contributed by atoms with Gasteiger partial charge in [-0.25, -0.2) is 0 Å². The molecule has 1 aromatic rings. The summed E-state index contributed by atoms with van der Waals surface area (Å²) in [7, 11) is 1.82. The van der Waals surface area contributed by atoms with Crippen molar-refractivity contribution in [2.45, 2.75) is 33.7 Å². The average Bonchev–Trinajstić information content (AvgIpc) is 2.54. The van der Waals surface area contributed by atoms with Gasteiger partial charge in [0.1, 0.15) is 0 Å². The Kier molecular flexibility index (Phi) is 8.51. The molecule has 0 heterocycles. The highest BCUT2D eigenvalue weighted by Crippen LogP contribution is 2.08. The molecule has 0 saturated heterocycles. The highest BCUT2D eigenvalue weighted by Gasteiger charge is 2.03. The number of nitrogens with zero attached hydrogens (tertiary/aromatic N) is 2. The molecule has 1 aromatic carbocycles. The lowest BCUT2D eigenvalue weighted by molar-refractivity contribution is 0.308. The zero-order chi connectivity index (χ0) is 15.5. The van der Waals surface area contributed by atoms with E-state index >= 15 is 0 Å². The van der Waals surface area contributed by atoms with Crippen LogP contribution in [0.2, 0.25) is 0 Å². The van der Waals surface area contributed by atoms with Crippen molar-refractivity contribution in [2.24, 2.45) is 4.99 Å². The van der Waals surface area contributed by atoms with Gasteiger partial charge in [0, 0.05) is 26.7 Å². The third-order valence-corrected chi connectivity index (χ3v) is 3.78. The summed E-state index contributed by atoms with van der Waals surface area (Å²) < 4.78 is 0. The van der Waals surface area contributed by atoms with E-state index in [0.717, 1.165) is 45.1 Å². The number of likely N-dealkylation sites (N-methyl/N-ethyl adjacent to an activating group) is 1. The zero-order valence-corrected chi connectivity index (χ0v) is 13.9. The summed E-state index contributed by atoms with van der Waals surface area (Å²) in [5, 5.41) is 6.76. The lowest BCUT2D eigenvalue weighted by Gasteiger charge is -2.19. The molecule has 0 radical (unpaired) electrons. The molecule has 4 heteroatoms. The number of nitrogens with one attached hydrogen (secondary N) is 2. The highest BCUT2D eigenvalue weighted by molar-refractivity contribution is 5.79. The van der Waals surface area contributed by atoms with E-state index in [4.69, 9.17) is 0 Å². The van der Waals surface area contributed by atoms with Crippen molar-refractivity contribution in [3.63, 3.8) is 0 Å². The molecular formula is C17H30N4. The van der Waals surface area contributed by atoms with Crippen molar-refractivity contribution in [1.82, 2.24) is 15.5 Å². The lowest BCUT2D eigenvalue weighted by atomic mass is 10.1. The molecule has 2 N–H and O–H groups in total. The smallest absolute Gasteiger partial charge is 0.191 e. The van der Waals surface area contributed by atoms with Crippen LogP contribution in [-0.2, 0) is 13.0 Å². The molecule has 21 heavy (non-hydrogen) atoms. The Morgan fingerprint density at radius 3 is 2.29 bits per heavy atom. The van der Waals surface area contributed by atoms with E-state index < -0.39 is 0 Å². The van der Waals surface area contributed by atoms with Crippen molar-refractivity contribution in [3.05, 3.63) is 35.4 Å². The van der Waals surface area contributed by atoms with Crippen LogP contribution in [-0.4, -0.2) is 44.1 Å². The molecule has 118 valence electrons. The number of benzene rings is 1. The summed E-state index contributed by atoms with van der Waals surface area (Å²) >= 11 is 0. The van der Waals surface area contributed by atoms with E-state index in [1.54, 1.807) is 0 Å². The Morgan fingerprint density at radius 1 is 1.05 bits per heavy atom. The SMILES string of the molecule is CCc1ccccc1CNC(=NC)NCCN(CC)CC. The van der Waals surface area contributed by atoms with Gasteiger partial charge in [0.05, 0.1) is 0 Å². The fourth-order valence-electron chi connectivity index (χ4n) is 2.35. The summed E-state index contributed by atoms with van der Waals surface area (Å²) in [5.41, 5.74) is 2.73. The van der Waals surface area contributed by atoms with Crippen LogP contribution in [0.4, 0.5) is 0 Å². The molecule has 0 aliphatic heterocycles. The van der Waals surface area contributed by atoms with Crippen molar-refractivity contribution in [1.29, 1.82) is 0 Å².